The van der Waals surface area contributed by atoms with Gasteiger partial charge in [-0.05, 0) is 32.6 Å². The summed E-state index contributed by atoms with van der Waals surface area (Å²) >= 11 is 0. The van der Waals surface area contributed by atoms with Crippen LogP contribution in [-0.4, -0.2) is 40.6 Å². The third kappa shape index (κ3) is 7.14. The Bertz CT molecular complexity index is 306. The number of carbonyl (C=O) groups excluding carboxylic acids is 1. The molecule has 0 saturated carbocycles. The molecule has 18 heavy (non-hydrogen) atoms. The zero-order valence-corrected chi connectivity index (χ0v) is 12.3. The van der Waals surface area contributed by atoms with Crippen LogP contribution in [0.5, 0.6) is 0 Å². The number of carboxylic acid groups (broad SMARTS) is 1. The van der Waals surface area contributed by atoms with Crippen molar-refractivity contribution in [2.75, 3.05) is 13.1 Å². The first-order chi connectivity index (χ1) is 7.97. The molecule has 5 nitrogen and oxygen atoms in total. The van der Waals surface area contributed by atoms with E-state index in [0.29, 0.717) is 6.54 Å². The number of nitrogens with zero attached hydrogens (tertiary/aromatic N) is 1. The fourth-order valence-electron chi connectivity index (χ4n) is 2.23. The molecule has 0 radical (unpaired) electrons. The quantitative estimate of drug-likeness (QED) is 0.795. The van der Waals surface area contributed by atoms with Crippen molar-refractivity contribution in [3.05, 3.63) is 0 Å². The van der Waals surface area contributed by atoms with Crippen LogP contribution in [0.15, 0.2) is 0 Å². The van der Waals surface area contributed by atoms with E-state index in [1.807, 2.05) is 13.8 Å². The molecule has 2 N–H and O–H groups in total. The molecule has 0 spiro atoms. The van der Waals surface area contributed by atoms with Crippen LogP contribution >= 0.6 is 0 Å². The minimum absolute atomic E-state index is 0.0978. The van der Waals surface area contributed by atoms with Crippen LogP contribution in [-0.2, 0) is 4.79 Å². The average Bonchev–Trinajstić information content (AvgIpc) is 2.08. The lowest BCUT2D eigenvalue weighted by Gasteiger charge is -2.35. The summed E-state index contributed by atoms with van der Waals surface area (Å²) in [6.45, 7) is 12.1. The maximum atomic E-state index is 12.0. The molecule has 0 atom stereocenters. The highest BCUT2D eigenvalue weighted by atomic mass is 16.4. The number of aliphatic carboxylic acids is 1. The first kappa shape index (κ1) is 16.7. The molecule has 0 rings (SSSR count). The largest absolute Gasteiger partial charge is 0.480 e. The number of likely N-dealkylation sites (N-methyl/N-ethyl adjacent to an activating group) is 1. The van der Waals surface area contributed by atoms with Crippen LogP contribution in [0, 0.1) is 5.41 Å². The summed E-state index contributed by atoms with van der Waals surface area (Å²) in [4.78, 5) is 23.9. The van der Waals surface area contributed by atoms with Gasteiger partial charge in [0.1, 0.15) is 6.54 Å². The zero-order valence-electron chi connectivity index (χ0n) is 12.3. The topological polar surface area (TPSA) is 69.6 Å². The van der Waals surface area contributed by atoms with Gasteiger partial charge in [0, 0.05) is 12.1 Å². The number of amides is 2. The van der Waals surface area contributed by atoms with Crippen LogP contribution in [0.2, 0.25) is 0 Å². The molecule has 0 aromatic rings. The maximum absolute atomic E-state index is 12.0. The van der Waals surface area contributed by atoms with Gasteiger partial charge in [0.05, 0.1) is 0 Å². The first-order valence-corrected chi connectivity index (χ1v) is 6.26. The first-order valence-electron chi connectivity index (χ1n) is 6.26. The van der Waals surface area contributed by atoms with E-state index in [-0.39, 0.29) is 23.5 Å². The number of nitrogens with one attached hydrogen (secondary N) is 1. The van der Waals surface area contributed by atoms with Gasteiger partial charge in [-0.2, -0.15) is 0 Å². The lowest BCUT2D eigenvalue weighted by Crippen LogP contribution is -2.52. The van der Waals surface area contributed by atoms with Gasteiger partial charge >= 0.3 is 12.0 Å². The Morgan fingerprint density at radius 1 is 1.17 bits per heavy atom. The molecule has 0 unspecified atom stereocenters. The highest BCUT2D eigenvalue weighted by Gasteiger charge is 2.28. The molecule has 0 aliphatic heterocycles. The predicted octanol–water partition coefficient (Wildman–Crippen LogP) is 2.32. The molecule has 0 heterocycles. The molecule has 0 aromatic heterocycles. The van der Waals surface area contributed by atoms with Gasteiger partial charge in [0.15, 0.2) is 0 Å². The minimum atomic E-state index is -0.999. The van der Waals surface area contributed by atoms with Crippen LogP contribution < -0.4 is 5.32 Å². The summed E-state index contributed by atoms with van der Waals surface area (Å²) in [5.41, 5.74) is -0.262. The monoisotopic (exact) mass is 258 g/mol. The smallest absolute Gasteiger partial charge is 0.323 e. The maximum Gasteiger partial charge on any atom is 0.323 e. The third-order valence-corrected chi connectivity index (χ3v) is 2.41. The highest BCUT2D eigenvalue weighted by molar-refractivity contribution is 5.80. The van der Waals surface area contributed by atoms with E-state index in [2.05, 4.69) is 26.1 Å². The lowest BCUT2D eigenvalue weighted by atomic mass is 9.82. The molecule has 0 aromatic carbocycles. The van der Waals surface area contributed by atoms with Crippen molar-refractivity contribution in [2.45, 2.75) is 53.5 Å². The van der Waals surface area contributed by atoms with Gasteiger partial charge in [0.2, 0.25) is 0 Å². The number of urea groups is 1. The second-order valence-corrected chi connectivity index (χ2v) is 6.46. The number of hydrogen-bond acceptors (Lipinski definition) is 2. The van der Waals surface area contributed by atoms with Crippen LogP contribution in [0.25, 0.3) is 0 Å². The van der Waals surface area contributed by atoms with Gasteiger partial charge in [0.25, 0.3) is 0 Å². The second-order valence-electron chi connectivity index (χ2n) is 6.46. The highest BCUT2D eigenvalue weighted by Crippen LogP contribution is 2.26. The number of rotatable bonds is 5. The van der Waals surface area contributed by atoms with Crippen molar-refractivity contribution in [3.63, 3.8) is 0 Å². The minimum Gasteiger partial charge on any atom is -0.480 e. The van der Waals surface area contributed by atoms with Crippen molar-refractivity contribution in [2.24, 2.45) is 5.41 Å². The van der Waals surface area contributed by atoms with Crippen molar-refractivity contribution in [1.82, 2.24) is 10.2 Å². The van der Waals surface area contributed by atoms with Crippen molar-refractivity contribution < 1.29 is 14.7 Å². The van der Waals surface area contributed by atoms with E-state index in [4.69, 9.17) is 5.11 Å². The Hall–Kier alpha value is -1.26. The molecule has 0 aliphatic carbocycles. The SMILES string of the molecule is CCN(CC(=O)O)C(=O)NC(C)(C)CC(C)(C)C. The zero-order chi connectivity index (χ0) is 14.6. The van der Waals surface area contributed by atoms with E-state index in [1.165, 1.54) is 4.90 Å². The summed E-state index contributed by atoms with van der Waals surface area (Å²) in [7, 11) is 0. The Morgan fingerprint density at radius 2 is 1.67 bits per heavy atom. The molecule has 0 aliphatic rings. The molecule has 0 bridgehead atoms. The van der Waals surface area contributed by atoms with Gasteiger partial charge in [-0.15, -0.1) is 0 Å². The summed E-state index contributed by atoms with van der Waals surface area (Å²) in [6, 6.07) is -0.325. The molecule has 2 amide bonds. The Balaban J connectivity index is 4.57. The van der Waals surface area contributed by atoms with E-state index in [1.54, 1.807) is 6.92 Å². The van der Waals surface area contributed by atoms with Crippen LogP contribution in [0.1, 0.15) is 48.0 Å². The Morgan fingerprint density at radius 3 is 2.00 bits per heavy atom. The second kappa shape index (κ2) is 6.07. The fraction of sp³-hybridized carbons (Fsp3) is 0.846. The van der Waals surface area contributed by atoms with E-state index in [0.717, 1.165) is 6.42 Å². The molecule has 0 fully saturated rings. The summed E-state index contributed by atoms with van der Waals surface area (Å²) in [6.07, 6.45) is 0.816. The van der Waals surface area contributed by atoms with Gasteiger partial charge in [-0.3, -0.25) is 4.79 Å². The molecule has 5 heteroatoms. The average molecular weight is 258 g/mol. The Labute approximate surface area is 110 Å². The van der Waals surface area contributed by atoms with Gasteiger partial charge in [-0.25, -0.2) is 4.79 Å². The predicted molar refractivity (Wildman–Crippen MR) is 71.6 cm³/mol. The third-order valence-electron chi connectivity index (χ3n) is 2.41. The Kier molecular flexibility index (Phi) is 5.64. The van der Waals surface area contributed by atoms with E-state index >= 15 is 0 Å². The van der Waals surface area contributed by atoms with Crippen molar-refractivity contribution in [1.29, 1.82) is 0 Å². The van der Waals surface area contributed by atoms with Crippen LogP contribution in [0.4, 0.5) is 4.79 Å². The summed E-state index contributed by atoms with van der Waals surface area (Å²) in [5, 5.41) is 11.6. The van der Waals surface area contributed by atoms with Gasteiger partial charge in [-0.1, -0.05) is 20.8 Å². The number of carbonyl (C=O) groups is 2. The summed E-state index contributed by atoms with van der Waals surface area (Å²) in [5.74, 6) is -0.999. The normalized spacial score (nSPS) is 12.1. The molecular formula is C13H26N2O3. The molecular weight excluding hydrogens is 232 g/mol. The number of carboxylic acids is 1. The van der Waals surface area contributed by atoms with E-state index in [9.17, 15) is 9.59 Å². The van der Waals surface area contributed by atoms with E-state index < -0.39 is 5.97 Å². The van der Waals surface area contributed by atoms with Gasteiger partial charge < -0.3 is 15.3 Å². The lowest BCUT2D eigenvalue weighted by molar-refractivity contribution is -0.137. The van der Waals surface area contributed by atoms with Crippen molar-refractivity contribution in [3.8, 4) is 0 Å². The molecule has 0 saturated heterocycles. The van der Waals surface area contributed by atoms with Crippen LogP contribution in [0.3, 0.4) is 0 Å². The number of hydrogen-bond donors (Lipinski definition) is 2. The molecule has 106 valence electrons. The summed E-state index contributed by atoms with van der Waals surface area (Å²) < 4.78 is 0. The fourth-order valence-corrected chi connectivity index (χ4v) is 2.23. The van der Waals surface area contributed by atoms with Crippen molar-refractivity contribution >= 4 is 12.0 Å². The standard InChI is InChI=1S/C13H26N2O3/c1-7-15(8-10(16)17)11(18)14-13(5,6)9-12(2,3)4/h7-9H2,1-6H3,(H,14,18)(H,16,17).